The fourth-order valence-electron chi connectivity index (χ4n) is 3.58. The van der Waals surface area contributed by atoms with Gasteiger partial charge in [-0.15, -0.1) is 10.2 Å². The van der Waals surface area contributed by atoms with Gasteiger partial charge in [-0.2, -0.15) is 5.10 Å². The summed E-state index contributed by atoms with van der Waals surface area (Å²) in [5, 5.41) is 13.9. The number of benzene rings is 2. The molecule has 0 aliphatic carbocycles. The molecule has 38 heavy (non-hydrogen) atoms. The molecule has 10 nitrogen and oxygen atoms in total. The van der Waals surface area contributed by atoms with Crippen molar-refractivity contribution in [1.29, 1.82) is 0 Å². The zero-order valence-corrected chi connectivity index (χ0v) is 22.8. The summed E-state index contributed by atoms with van der Waals surface area (Å²) >= 11 is 13.0. The van der Waals surface area contributed by atoms with Crippen LogP contribution in [-0.2, 0) is 27.5 Å². The minimum absolute atomic E-state index is 0.00639. The Labute approximate surface area is 232 Å². The van der Waals surface area contributed by atoms with E-state index in [-0.39, 0.29) is 41.9 Å². The average molecular weight is 576 g/mol. The summed E-state index contributed by atoms with van der Waals surface area (Å²) in [6.45, 7) is 4.06. The lowest BCUT2D eigenvalue weighted by atomic mass is 10.1. The van der Waals surface area contributed by atoms with E-state index in [0.717, 1.165) is 33.9 Å². The first-order valence-electron chi connectivity index (χ1n) is 11.4. The third-order valence-corrected chi connectivity index (χ3v) is 6.62. The first-order valence-corrected chi connectivity index (χ1v) is 13.2. The Morgan fingerprint density at radius 2 is 2.03 bits per heavy atom. The van der Waals surface area contributed by atoms with Gasteiger partial charge in [-0.05, 0) is 38.1 Å². The molecule has 0 bridgehead atoms. The van der Waals surface area contributed by atoms with Crippen molar-refractivity contribution in [2.24, 2.45) is 5.10 Å². The Morgan fingerprint density at radius 3 is 2.82 bits per heavy atom. The molecule has 0 radical (unpaired) electrons. The highest BCUT2D eigenvalue weighted by atomic mass is 35.5. The maximum absolute atomic E-state index is 12.3. The van der Waals surface area contributed by atoms with Crippen molar-refractivity contribution in [2.45, 2.75) is 32.2 Å². The van der Waals surface area contributed by atoms with Crippen LogP contribution < -0.4 is 10.2 Å². The van der Waals surface area contributed by atoms with Gasteiger partial charge in [-0.25, -0.2) is 5.43 Å². The van der Waals surface area contributed by atoms with Crippen molar-refractivity contribution in [2.75, 3.05) is 12.4 Å². The molecule has 0 fully saturated rings. The van der Waals surface area contributed by atoms with E-state index in [0.29, 0.717) is 22.4 Å². The number of hydrazone groups is 1. The number of carbonyl (C=O) groups is 2. The average Bonchev–Trinajstić information content (AvgIpc) is 3.45. The maximum atomic E-state index is 12.3. The van der Waals surface area contributed by atoms with E-state index in [2.05, 4.69) is 20.7 Å². The van der Waals surface area contributed by atoms with Crippen molar-refractivity contribution in [3.63, 3.8) is 0 Å². The molecule has 1 amide bonds. The van der Waals surface area contributed by atoms with Crippen LogP contribution in [0.3, 0.4) is 0 Å². The smallest absolute Gasteiger partial charge is 0.325 e. The van der Waals surface area contributed by atoms with E-state index in [1.54, 1.807) is 31.3 Å². The number of thioether (sulfide) groups is 1. The lowest BCUT2D eigenvalue weighted by Crippen LogP contribution is -2.19. The van der Waals surface area contributed by atoms with Crippen LogP contribution in [-0.4, -0.2) is 45.2 Å². The van der Waals surface area contributed by atoms with Gasteiger partial charge in [0, 0.05) is 27.2 Å². The first kappa shape index (κ1) is 27.5. The van der Waals surface area contributed by atoms with E-state index in [9.17, 15) is 9.59 Å². The van der Waals surface area contributed by atoms with Gasteiger partial charge in [0.15, 0.2) is 6.61 Å². The Balaban J connectivity index is 1.31. The third kappa shape index (κ3) is 6.85. The van der Waals surface area contributed by atoms with E-state index < -0.39 is 0 Å². The van der Waals surface area contributed by atoms with Gasteiger partial charge in [0.1, 0.15) is 12.3 Å². The van der Waals surface area contributed by atoms with Gasteiger partial charge in [0.2, 0.25) is 0 Å². The second-order valence-corrected chi connectivity index (χ2v) is 9.58. The lowest BCUT2D eigenvalue weighted by Gasteiger charge is -2.07. The number of halogens is 2. The summed E-state index contributed by atoms with van der Waals surface area (Å²) in [4.78, 5) is 24.4. The second kappa shape index (κ2) is 12.8. The summed E-state index contributed by atoms with van der Waals surface area (Å²) < 4.78 is 18.0. The van der Waals surface area contributed by atoms with Crippen molar-refractivity contribution in [3.8, 4) is 5.75 Å². The zero-order valence-electron chi connectivity index (χ0n) is 20.4. The minimum atomic E-state index is -0.358. The largest absolute Gasteiger partial charge is 0.482 e. The maximum Gasteiger partial charge on any atom is 0.325 e. The second-order valence-electron chi connectivity index (χ2n) is 7.81. The number of fused-ring (bicyclic) bond motifs is 1. The molecule has 4 rings (SSSR count). The molecular formula is C25H23Cl2N5O5S. The number of carbonyl (C=O) groups excluding carboxylic acids is 2. The predicted molar refractivity (Wildman–Crippen MR) is 145 cm³/mol. The van der Waals surface area contributed by atoms with Gasteiger partial charge < -0.3 is 18.5 Å². The molecule has 2 aromatic heterocycles. The van der Waals surface area contributed by atoms with Crippen LogP contribution in [0.2, 0.25) is 10.0 Å². The Kier molecular flexibility index (Phi) is 9.27. The molecule has 1 N–H and O–H groups in total. The lowest BCUT2D eigenvalue weighted by molar-refractivity contribution is -0.143. The highest BCUT2D eigenvalue weighted by Gasteiger charge is 2.16. The number of hydrogen-bond acceptors (Lipinski definition) is 9. The number of nitrogens with one attached hydrogen (secondary N) is 1. The van der Waals surface area contributed by atoms with Crippen LogP contribution in [0.4, 0.5) is 0 Å². The number of nitrogens with zero attached hydrogens (tertiary/aromatic N) is 4. The molecule has 0 unspecified atom stereocenters. The molecule has 0 saturated carbocycles. The molecular weight excluding hydrogens is 553 g/mol. The van der Waals surface area contributed by atoms with Crippen molar-refractivity contribution >= 4 is 64.0 Å². The van der Waals surface area contributed by atoms with E-state index in [1.807, 2.05) is 35.8 Å². The third-order valence-electron chi connectivity index (χ3n) is 5.28. The van der Waals surface area contributed by atoms with Gasteiger partial charge >= 0.3 is 5.97 Å². The van der Waals surface area contributed by atoms with Crippen LogP contribution >= 0.6 is 35.0 Å². The summed E-state index contributed by atoms with van der Waals surface area (Å²) in [7, 11) is 0. The highest BCUT2D eigenvalue weighted by molar-refractivity contribution is 7.99. The highest BCUT2D eigenvalue weighted by Crippen LogP contribution is 2.28. The first-order chi connectivity index (χ1) is 18.4. The molecule has 13 heteroatoms. The monoisotopic (exact) mass is 575 g/mol. The molecule has 0 aliphatic heterocycles. The zero-order chi connectivity index (χ0) is 27.1. The van der Waals surface area contributed by atoms with Gasteiger partial charge in [-0.1, -0.05) is 53.2 Å². The van der Waals surface area contributed by atoms with Gasteiger partial charge in [-0.3, -0.25) is 9.59 Å². The van der Waals surface area contributed by atoms with Gasteiger partial charge in [0.25, 0.3) is 17.0 Å². The van der Waals surface area contributed by atoms with E-state index in [4.69, 9.17) is 37.1 Å². The topological polar surface area (TPSA) is 121 Å². The molecule has 0 spiro atoms. The van der Waals surface area contributed by atoms with Crippen LogP contribution in [0, 0.1) is 6.92 Å². The number of para-hydroxylation sites is 1. The van der Waals surface area contributed by atoms with Crippen LogP contribution in [0.1, 0.15) is 24.1 Å². The Hall–Kier alpha value is -3.54. The summed E-state index contributed by atoms with van der Waals surface area (Å²) in [6.07, 6.45) is 1.56. The van der Waals surface area contributed by atoms with E-state index >= 15 is 0 Å². The normalized spacial score (nSPS) is 11.3. The van der Waals surface area contributed by atoms with Crippen molar-refractivity contribution in [3.05, 3.63) is 69.7 Å². The minimum Gasteiger partial charge on any atom is -0.482 e. The van der Waals surface area contributed by atoms with Crippen molar-refractivity contribution in [1.82, 2.24) is 20.2 Å². The fourth-order valence-corrected chi connectivity index (χ4v) is 4.61. The molecule has 0 atom stereocenters. The Bertz CT molecular complexity index is 1490. The summed E-state index contributed by atoms with van der Waals surface area (Å²) in [6, 6.07) is 12.5. The number of hydrogen-bond donors (Lipinski definition) is 1. The number of aromatic nitrogens is 3. The quantitative estimate of drug-likeness (QED) is 0.114. The van der Waals surface area contributed by atoms with Crippen LogP contribution in [0.25, 0.3) is 10.9 Å². The van der Waals surface area contributed by atoms with Crippen LogP contribution in [0.15, 0.2) is 57.2 Å². The van der Waals surface area contributed by atoms with Crippen LogP contribution in [0.5, 0.6) is 5.75 Å². The number of ether oxygens (including phenoxy) is 2. The van der Waals surface area contributed by atoms with E-state index in [1.165, 1.54) is 0 Å². The molecule has 198 valence electrons. The van der Waals surface area contributed by atoms with Gasteiger partial charge in [0.05, 0.1) is 23.6 Å². The Morgan fingerprint density at radius 1 is 1.21 bits per heavy atom. The predicted octanol–water partition coefficient (Wildman–Crippen LogP) is 5.02. The number of rotatable bonds is 11. The summed E-state index contributed by atoms with van der Waals surface area (Å²) in [5.41, 5.74) is 4.99. The summed E-state index contributed by atoms with van der Waals surface area (Å²) in [5.74, 6) is -0.0173. The standard InChI is InChI=1S/C25H23Cl2N5O5S/c1-3-35-24(34)12-32-15(2)18(17-6-4-5-7-20(17)32)11-28-29-22(33)14-38-25-31-30-23(37-25)13-36-21-9-8-16(26)10-19(21)27/h4-11H,3,12-14H2,1-2H3,(H,29,33)/b28-11-. The van der Waals surface area contributed by atoms with Crippen molar-refractivity contribution < 1.29 is 23.5 Å². The molecule has 2 heterocycles. The molecule has 4 aromatic rings. The molecule has 0 saturated heterocycles. The SMILES string of the molecule is CCOC(=O)Cn1c(C)c(/C=N\NC(=O)CSc2nnc(COc3ccc(Cl)cc3Cl)o2)c2ccccc21. The number of esters is 1. The fraction of sp³-hybridized carbons (Fsp3) is 0.240. The number of amides is 1. The molecule has 0 aliphatic rings. The molecule has 2 aromatic carbocycles.